The van der Waals surface area contributed by atoms with E-state index < -0.39 is 17.7 Å². The Morgan fingerprint density at radius 1 is 1.15 bits per heavy atom. The Hall–Kier alpha value is -3.90. The number of nitrogens with two attached hydrogens (primary N) is 2. The van der Waals surface area contributed by atoms with E-state index in [0.29, 0.717) is 11.3 Å². The zero-order valence-corrected chi connectivity index (χ0v) is 19.5. The number of hydrogen-bond donors (Lipinski definition) is 3. The summed E-state index contributed by atoms with van der Waals surface area (Å²) < 4.78 is 17.8. The molecule has 4 rings (SSSR count). The first-order valence-corrected chi connectivity index (χ1v) is 11.6. The molecule has 34 heavy (non-hydrogen) atoms. The number of benzene rings is 2. The number of halogens is 1. The van der Waals surface area contributed by atoms with Gasteiger partial charge in [0, 0.05) is 12.2 Å². The molecular formula is C22H19FN6O3S2. The van der Waals surface area contributed by atoms with Gasteiger partial charge in [-0.1, -0.05) is 12.1 Å². The highest BCUT2D eigenvalue weighted by Crippen LogP contribution is 2.30. The predicted octanol–water partition coefficient (Wildman–Crippen LogP) is 2.84. The molecule has 2 aromatic carbocycles. The van der Waals surface area contributed by atoms with Gasteiger partial charge in [0.2, 0.25) is 5.91 Å². The van der Waals surface area contributed by atoms with Crippen LogP contribution in [-0.2, 0) is 11.3 Å². The normalized spacial score (nSPS) is 10.9. The van der Waals surface area contributed by atoms with E-state index in [9.17, 15) is 18.8 Å². The third-order valence-corrected chi connectivity index (χ3v) is 6.68. The van der Waals surface area contributed by atoms with Crippen LogP contribution in [0.2, 0.25) is 0 Å². The number of thiazole rings is 1. The summed E-state index contributed by atoms with van der Waals surface area (Å²) in [7, 11) is 0. The Kier molecular flexibility index (Phi) is 6.52. The summed E-state index contributed by atoms with van der Waals surface area (Å²) in [5.41, 5.74) is 12.8. The lowest BCUT2D eigenvalue weighted by atomic mass is 10.2. The van der Waals surface area contributed by atoms with Gasteiger partial charge in [-0.2, -0.15) is 4.37 Å². The highest BCUT2D eigenvalue weighted by molar-refractivity contribution is 7.18. The van der Waals surface area contributed by atoms with Crippen molar-refractivity contribution in [1.82, 2.24) is 14.7 Å². The molecular weight excluding hydrogens is 479 g/mol. The van der Waals surface area contributed by atoms with Gasteiger partial charge in [-0.05, 0) is 54.4 Å². The van der Waals surface area contributed by atoms with Crippen LogP contribution in [0.3, 0.4) is 0 Å². The number of nitrogen functional groups attached to an aromatic ring is 1. The zero-order chi connectivity index (χ0) is 24.4. The molecule has 0 saturated heterocycles. The van der Waals surface area contributed by atoms with Gasteiger partial charge in [-0.25, -0.2) is 9.37 Å². The van der Waals surface area contributed by atoms with E-state index in [0.717, 1.165) is 26.8 Å². The van der Waals surface area contributed by atoms with Crippen LogP contribution in [0, 0.1) is 12.7 Å². The first kappa shape index (κ1) is 23.3. The lowest BCUT2D eigenvalue weighted by Gasteiger charge is -2.22. The van der Waals surface area contributed by atoms with E-state index in [-0.39, 0.29) is 35.2 Å². The van der Waals surface area contributed by atoms with Crippen molar-refractivity contribution < 1.29 is 18.8 Å². The van der Waals surface area contributed by atoms with E-state index in [2.05, 4.69) is 14.7 Å². The average molecular weight is 499 g/mol. The third-order valence-electron chi connectivity index (χ3n) is 4.90. The Morgan fingerprint density at radius 3 is 2.56 bits per heavy atom. The molecule has 0 unspecified atom stereocenters. The molecule has 0 atom stereocenters. The van der Waals surface area contributed by atoms with Gasteiger partial charge in [-0.3, -0.25) is 19.3 Å². The summed E-state index contributed by atoms with van der Waals surface area (Å²) in [5, 5.41) is 3.58. The van der Waals surface area contributed by atoms with Crippen molar-refractivity contribution in [3.8, 4) is 0 Å². The molecule has 2 aromatic heterocycles. The van der Waals surface area contributed by atoms with Crippen LogP contribution in [0.5, 0.6) is 0 Å². The second kappa shape index (κ2) is 9.53. The van der Waals surface area contributed by atoms with Gasteiger partial charge < -0.3 is 16.8 Å². The molecule has 0 aliphatic heterocycles. The Bertz CT molecular complexity index is 1400. The number of primary amides is 1. The van der Waals surface area contributed by atoms with Crippen LogP contribution in [-0.4, -0.2) is 33.6 Å². The lowest BCUT2D eigenvalue weighted by molar-refractivity contribution is -0.119. The largest absolute Gasteiger partial charge is 0.395 e. The van der Waals surface area contributed by atoms with Gasteiger partial charge in [0.1, 0.15) is 17.2 Å². The molecule has 0 fully saturated rings. The Balaban J connectivity index is 1.62. The van der Waals surface area contributed by atoms with Crippen molar-refractivity contribution in [2.45, 2.75) is 13.5 Å². The molecule has 0 bridgehead atoms. The van der Waals surface area contributed by atoms with Gasteiger partial charge in [0.05, 0.1) is 20.9 Å². The van der Waals surface area contributed by atoms with Gasteiger partial charge in [0.25, 0.3) is 11.8 Å². The maximum Gasteiger partial charge on any atom is 0.272 e. The lowest BCUT2D eigenvalue weighted by Crippen LogP contribution is -2.40. The summed E-state index contributed by atoms with van der Waals surface area (Å²) in [6.45, 7) is 1.70. The molecule has 0 saturated carbocycles. The summed E-state index contributed by atoms with van der Waals surface area (Å²) in [5.74, 6) is -2.27. The Labute approximate surface area is 201 Å². The molecule has 2 heterocycles. The van der Waals surface area contributed by atoms with Crippen molar-refractivity contribution in [2.75, 3.05) is 17.2 Å². The number of fused-ring (bicyclic) bond motifs is 1. The number of hydrogen-bond acceptors (Lipinski definition) is 8. The smallest absolute Gasteiger partial charge is 0.272 e. The fraction of sp³-hybridized carbons (Fsp3) is 0.136. The monoisotopic (exact) mass is 498 g/mol. The number of anilines is 2. The fourth-order valence-electron chi connectivity index (χ4n) is 3.23. The highest BCUT2D eigenvalue weighted by atomic mass is 32.1. The maximum atomic E-state index is 13.4. The molecule has 3 amide bonds. The fourth-order valence-corrected chi connectivity index (χ4v) is 4.85. The minimum atomic E-state index is -0.849. The van der Waals surface area contributed by atoms with Crippen LogP contribution in [0.4, 0.5) is 15.8 Å². The van der Waals surface area contributed by atoms with Crippen molar-refractivity contribution in [1.29, 1.82) is 0 Å². The van der Waals surface area contributed by atoms with Crippen LogP contribution in [0.1, 0.15) is 30.7 Å². The number of nitrogens with one attached hydrogen (secondary N) is 1. The van der Waals surface area contributed by atoms with Crippen LogP contribution < -0.4 is 21.7 Å². The average Bonchev–Trinajstić information content (AvgIpc) is 3.37. The SMILES string of the molecule is Cc1nc2ccc(N(CC(=O)NCc3ccc(F)cc3)C(=O)c3snc(C(N)=O)c3N)cc2s1. The number of rotatable bonds is 7. The third kappa shape index (κ3) is 4.87. The first-order valence-electron chi connectivity index (χ1n) is 9.98. The summed E-state index contributed by atoms with van der Waals surface area (Å²) in [6.07, 6.45) is 0. The minimum Gasteiger partial charge on any atom is -0.395 e. The molecule has 0 radical (unpaired) electrons. The zero-order valence-electron chi connectivity index (χ0n) is 17.9. The summed E-state index contributed by atoms with van der Waals surface area (Å²) in [4.78, 5) is 43.4. The van der Waals surface area contributed by atoms with Gasteiger partial charge >= 0.3 is 0 Å². The van der Waals surface area contributed by atoms with Crippen LogP contribution in [0.25, 0.3) is 10.2 Å². The molecule has 0 aliphatic carbocycles. The number of carbonyl (C=O) groups excluding carboxylic acids is 3. The van der Waals surface area contributed by atoms with E-state index in [4.69, 9.17) is 11.5 Å². The standard InChI is InChI=1S/C22H19FN6O3S2/c1-11-27-15-7-6-14(8-16(15)33-11)29(22(32)20-18(24)19(21(25)31)28-34-20)10-17(30)26-9-12-2-4-13(23)5-3-12/h2-8H,9-10,24H2,1H3,(H2,25,31)(H,26,30). The Morgan fingerprint density at radius 2 is 1.88 bits per heavy atom. The molecule has 0 aliphatic rings. The quantitative estimate of drug-likeness (QED) is 0.357. The van der Waals surface area contributed by atoms with Crippen molar-refractivity contribution in [2.24, 2.45) is 5.73 Å². The van der Waals surface area contributed by atoms with E-state index in [1.165, 1.54) is 28.4 Å². The summed E-state index contributed by atoms with van der Waals surface area (Å²) >= 11 is 2.19. The molecule has 174 valence electrons. The molecule has 0 spiro atoms. The van der Waals surface area contributed by atoms with Crippen LogP contribution >= 0.6 is 22.9 Å². The van der Waals surface area contributed by atoms with Crippen molar-refractivity contribution in [3.05, 3.63) is 69.4 Å². The number of carbonyl (C=O) groups is 3. The molecule has 9 nitrogen and oxygen atoms in total. The maximum absolute atomic E-state index is 13.4. The van der Waals surface area contributed by atoms with E-state index in [1.807, 2.05) is 6.92 Å². The number of aromatic nitrogens is 2. The topological polar surface area (TPSA) is 144 Å². The minimum absolute atomic E-state index is 0.000664. The van der Waals surface area contributed by atoms with Crippen molar-refractivity contribution in [3.63, 3.8) is 0 Å². The second-order valence-corrected chi connectivity index (χ2v) is 9.33. The van der Waals surface area contributed by atoms with E-state index >= 15 is 0 Å². The predicted molar refractivity (Wildman–Crippen MR) is 129 cm³/mol. The number of aryl methyl sites for hydroxylation is 1. The molecule has 12 heteroatoms. The molecule has 5 N–H and O–H groups in total. The van der Waals surface area contributed by atoms with Crippen molar-refractivity contribution >= 4 is 62.2 Å². The first-order chi connectivity index (χ1) is 16.2. The number of amides is 3. The molecule has 4 aromatic rings. The second-order valence-electron chi connectivity index (χ2n) is 7.32. The number of nitrogens with zero attached hydrogens (tertiary/aromatic N) is 3. The van der Waals surface area contributed by atoms with E-state index in [1.54, 1.807) is 30.3 Å². The highest BCUT2D eigenvalue weighted by Gasteiger charge is 2.27. The van der Waals surface area contributed by atoms with Gasteiger partial charge in [0.15, 0.2) is 5.69 Å². The van der Waals surface area contributed by atoms with Gasteiger partial charge in [-0.15, -0.1) is 11.3 Å². The van der Waals surface area contributed by atoms with Crippen LogP contribution in [0.15, 0.2) is 42.5 Å². The summed E-state index contributed by atoms with van der Waals surface area (Å²) in [6, 6.07) is 10.9.